The third kappa shape index (κ3) is 1.12. The van der Waals surface area contributed by atoms with E-state index in [1.54, 1.807) is 0 Å². The monoisotopic (exact) mass is 220 g/mol. The molecule has 0 radical (unpaired) electrons. The van der Waals surface area contributed by atoms with Gasteiger partial charge in [-0.15, -0.1) is 0 Å². The van der Waals surface area contributed by atoms with Gasteiger partial charge in [-0.2, -0.15) is 0 Å². The fourth-order valence-corrected chi connectivity index (χ4v) is 3.79. The van der Waals surface area contributed by atoms with Gasteiger partial charge in [0.15, 0.2) is 0 Å². The molecule has 0 saturated heterocycles. The Morgan fingerprint density at radius 2 is 2.25 bits per heavy atom. The maximum absolute atomic E-state index is 12.4. The molecule has 4 aliphatic carbocycles. The summed E-state index contributed by atoms with van der Waals surface area (Å²) in [5.41, 5.74) is -0.407. The lowest BCUT2D eigenvalue weighted by atomic mass is 9.50. The summed E-state index contributed by atoms with van der Waals surface area (Å²) in [6.07, 6.45) is 6.77. The number of rotatable bonds is 1. The smallest absolute Gasteiger partial charge is 0.149 e. The lowest BCUT2D eigenvalue weighted by Crippen LogP contribution is -2.54. The van der Waals surface area contributed by atoms with Gasteiger partial charge in [-0.3, -0.25) is 9.59 Å². The zero-order chi connectivity index (χ0) is 11.3. The quantitative estimate of drug-likeness (QED) is 0.673. The molecule has 4 atom stereocenters. The highest BCUT2D eigenvalue weighted by atomic mass is 16.3. The number of aliphatic hydroxyl groups is 1. The SMILES string of the molecule is O=C1CC[C@@]23C=C[C@@H](C[C@H]2C1)C(CO)C3=O. The minimum absolute atomic E-state index is 0.0454. The summed E-state index contributed by atoms with van der Waals surface area (Å²) in [5, 5.41) is 9.30. The zero-order valence-corrected chi connectivity index (χ0v) is 9.19. The number of hydrogen-bond donors (Lipinski definition) is 1. The van der Waals surface area contributed by atoms with Crippen LogP contribution in [-0.4, -0.2) is 23.3 Å². The van der Waals surface area contributed by atoms with E-state index < -0.39 is 5.41 Å². The molecule has 0 aromatic rings. The number of carbonyl (C=O) groups is 2. The standard InChI is InChI=1S/C13H16O3/c14-7-11-8-1-3-13(12(11)16)4-2-10(15)6-9(13)5-8/h1,3,8-9,11,14H,2,4-7H2/t8-,9-,11?,13-/m0/s1. The Morgan fingerprint density at radius 3 is 3.00 bits per heavy atom. The fraction of sp³-hybridized carbons (Fsp3) is 0.692. The molecule has 3 heteroatoms. The Kier molecular flexibility index (Phi) is 2.08. The van der Waals surface area contributed by atoms with Crippen LogP contribution in [0.15, 0.2) is 12.2 Å². The minimum atomic E-state index is -0.407. The van der Waals surface area contributed by atoms with Crippen LogP contribution >= 0.6 is 0 Å². The second-order valence-corrected chi connectivity index (χ2v) is 5.39. The molecule has 2 saturated carbocycles. The molecule has 4 rings (SSSR count). The first-order valence-corrected chi connectivity index (χ1v) is 6.03. The average Bonchev–Trinajstić information content (AvgIpc) is 2.29. The van der Waals surface area contributed by atoms with Crippen molar-refractivity contribution in [3.63, 3.8) is 0 Å². The van der Waals surface area contributed by atoms with E-state index in [1.165, 1.54) is 0 Å². The maximum Gasteiger partial charge on any atom is 0.149 e. The van der Waals surface area contributed by atoms with Gasteiger partial charge < -0.3 is 5.11 Å². The Bertz CT molecular complexity index is 385. The van der Waals surface area contributed by atoms with Crippen LogP contribution < -0.4 is 0 Å². The number of carbonyl (C=O) groups excluding carboxylic acids is 2. The highest BCUT2D eigenvalue weighted by Crippen LogP contribution is 2.55. The first-order chi connectivity index (χ1) is 7.67. The third-order valence-corrected chi connectivity index (χ3v) is 4.73. The molecule has 2 fully saturated rings. The van der Waals surface area contributed by atoms with E-state index >= 15 is 0 Å². The lowest BCUT2D eigenvalue weighted by molar-refractivity contribution is -0.147. The highest BCUT2D eigenvalue weighted by molar-refractivity contribution is 5.94. The molecular formula is C13H16O3. The van der Waals surface area contributed by atoms with E-state index in [2.05, 4.69) is 6.08 Å². The van der Waals surface area contributed by atoms with Crippen LogP contribution in [0.3, 0.4) is 0 Å². The van der Waals surface area contributed by atoms with E-state index in [0.717, 1.165) is 6.42 Å². The number of fused-ring (bicyclic) bond motifs is 1. The molecule has 0 heterocycles. The van der Waals surface area contributed by atoms with Crippen LogP contribution in [0.5, 0.6) is 0 Å². The van der Waals surface area contributed by atoms with Crippen molar-refractivity contribution in [3.8, 4) is 0 Å². The summed E-state index contributed by atoms with van der Waals surface area (Å²) in [6, 6.07) is 0. The van der Waals surface area contributed by atoms with Crippen molar-refractivity contribution in [1.82, 2.24) is 0 Å². The van der Waals surface area contributed by atoms with Gasteiger partial charge >= 0.3 is 0 Å². The Hall–Kier alpha value is -0.960. The molecule has 1 spiro atoms. The molecule has 86 valence electrons. The number of hydrogen-bond acceptors (Lipinski definition) is 3. The van der Waals surface area contributed by atoms with Crippen LogP contribution in [0.1, 0.15) is 25.7 Å². The summed E-state index contributed by atoms with van der Waals surface area (Å²) in [6.45, 7) is -0.0454. The van der Waals surface area contributed by atoms with Crippen molar-refractivity contribution in [2.45, 2.75) is 25.7 Å². The Balaban J connectivity index is 2.01. The van der Waals surface area contributed by atoms with Crippen molar-refractivity contribution in [1.29, 1.82) is 0 Å². The molecule has 0 aliphatic heterocycles. The first-order valence-electron chi connectivity index (χ1n) is 6.03. The molecule has 0 amide bonds. The van der Waals surface area contributed by atoms with E-state index in [9.17, 15) is 14.7 Å². The van der Waals surface area contributed by atoms with E-state index in [4.69, 9.17) is 0 Å². The molecule has 0 aromatic carbocycles. The predicted octanol–water partition coefficient (Wildman–Crippen LogP) is 1.11. The molecule has 0 aromatic heterocycles. The number of allylic oxidation sites excluding steroid dienone is 2. The highest BCUT2D eigenvalue weighted by Gasteiger charge is 2.56. The molecule has 1 unspecified atom stereocenters. The van der Waals surface area contributed by atoms with Gasteiger partial charge in [-0.05, 0) is 24.7 Å². The maximum atomic E-state index is 12.4. The Morgan fingerprint density at radius 1 is 1.44 bits per heavy atom. The molecule has 2 bridgehead atoms. The van der Waals surface area contributed by atoms with Crippen LogP contribution in [-0.2, 0) is 9.59 Å². The van der Waals surface area contributed by atoms with Crippen LogP contribution in [0.4, 0.5) is 0 Å². The van der Waals surface area contributed by atoms with Crippen molar-refractivity contribution in [3.05, 3.63) is 12.2 Å². The van der Waals surface area contributed by atoms with Gasteiger partial charge in [-0.25, -0.2) is 0 Å². The van der Waals surface area contributed by atoms with Crippen LogP contribution in [0.2, 0.25) is 0 Å². The number of Topliss-reactive ketones (excluding diaryl/α,β-unsaturated/α-hetero) is 2. The van der Waals surface area contributed by atoms with Crippen molar-refractivity contribution < 1.29 is 14.7 Å². The first kappa shape index (κ1) is 10.2. The molecular weight excluding hydrogens is 204 g/mol. The van der Waals surface area contributed by atoms with E-state index in [1.807, 2.05) is 6.08 Å². The second kappa shape index (κ2) is 3.27. The van der Waals surface area contributed by atoms with Crippen molar-refractivity contribution in [2.75, 3.05) is 6.61 Å². The Labute approximate surface area is 94.5 Å². The third-order valence-electron chi connectivity index (χ3n) is 4.73. The predicted molar refractivity (Wildman–Crippen MR) is 57.6 cm³/mol. The minimum Gasteiger partial charge on any atom is -0.396 e. The average molecular weight is 220 g/mol. The normalized spacial score (nSPS) is 45.9. The summed E-state index contributed by atoms with van der Waals surface area (Å²) < 4.78 is 0. The van der Waals surface area contributed by atoms with Gasteiger partial charge in [0.2, 0.25) is 0 Å². The summed E-state index contributed by atoms with van der Waals surface area (Å²) in [5.74, 6) is 0.639. The van der Waals surface area contributed by atoms with Crippen molar-refractivity contribution >= 4 is 11.6 Å². The topological polar surface area (TPSA) is 54.4 Å². The van der Waals surface area contributed by atoms with Gasteiger partial charge in [0.25, 0.3) is 0 Å². The van der Waals surface area contributed by atoms with E-state index in [0.29, 0.717) is 25.0 Å². The molecule has 1 N–H and O–H groups in total. The second-order valence-electron chi connectivity index (χ2n) is 5.39. The summed E-state index contributed by atoms with van der Waals surface area (Å²) >= 11 is 0. The summed E-state index contributed by atoms with van der Waals surface area (Å²) in [4.78, 5) is 23.8. The lowest BCUT2D eigenvalue weighted by Gasteiger charge is -2.52. The van der Waals surface area contributed by atoms with Crippen LogP contribution in [0.25, 0.3) is 0 Å². The molecule has 4 aliphatic rings. The van der Waals surface area contributed by atoms with Gasteiger partial charge in [-0.1, -0.05) is 12.2 Å². The number of ketones is 2. The van der Waals surface area contributed by atoms with Gasteiger partial charge in [0.1, 0.15) is 11.6 Å². The van der Waals surface area contributed by atoms with Gasteiger partial charge in [0.05, 0.1) is 12.0 Å². The molecule has 3 nitrogen and oxygen atoms in total. The zero-order valence-electron chi connectivity index (χ0n) is 9.19. The largest absolute Gasteiger partial charge is 0.396 e. The molecule has 16 heavy (non-hydrogen) atoms. The van der Waals surface area contributed by atoms with E-state index in [-0.39, 0.29) is 30.1 Å². The fourth-order valence-electron chi connectivity index (χ4n) is 3.79. The summed E-state index contributed by atoms with van der Waals surface area (Å²) in [7, 11) is 0. The number of aliphatic hydroxyl groups excluding tert-OH is 1. The van der Waals surface area contributed by atoms with Crippen LogP contribution in [0, 0.1) is 23.2 Å². The van der Waals surface area contributed by atoms with Gasteiger partial charge in [0, 0.05) is 18.8 Å². The van der Waals surface area contributed by atoms with Crippen molar-refractivity contribution in [2.24, 2.45) is 23.2 Å².